The van der Waals surface area contributed by atoms with E-state index in [2.05, 4.69) is 15.3 Å². The van der Waals surface area contributed by atoms with Gasteiger partial charge in [0.1, 0.15) is 5.82 Å². The molecule has 5 N–H and O–H groups in total. The van der Waals surface area contributed by atoms with Crippen molar-refractivity contribution in [2.24, 2.45) is 0 Å². The number of esters is 1. The van der Waals surface area contributed by atoms with Crippen molar-refractivity contribution in [3.05, 3.63) is 59.8 Å². The van der Waals surface area contributed by atoms with Crippen LogP contribution >= 0.6 is 0 Å². The summed E-state index contributed by atoms with van der Waals surface area (Å²) in [7, 11) is 4.53. The van der Waals surface area contributed by atoms with E-state index in [4.69, 9.17) is 25.7 Å². The van der Waals surface area contributed by atoms with E-state index >= 15 is 0 Å². The van der Waals surface area contributed by atoms with Crippen LogP contribution in [0.1, 0.15) is 23.6 Å². The Kier molecular flexibility index (Phi) is 7.45. The summed E-state index contributed by atoms with van der Waals surface area (Å²) in [5.74, 6) is 1.16. The first-order valence-corrected chi connectivity index (χ1v) is 9.97. The molecule has 9 heteroatoms. The van der Waals surface area contributed by atoms with Crippen LogP contribution < -0.4 is 26.3 Å². The third-order valence-corrected chi connectivity index (χ3v) is 5.00. The minimum atomic E-state index is -0.442. The Balaban J connectivity index is 2.13. The van der Waals surface area contributed by atoms with Crippen LogP contribution in [0.5, 0.6) is 11.5 Å². The van der Waals surface area contributed by atoms with E-state index in [-0.39, 0.29) is 24.2 Å². The molecular weight excluding hydrogens is 410 g/mol. The molecule has 0 fully saturated rings. The predicted molar refractivity (Wildman–Crippen MR) is 122 cm³/mol. The van der Waals surface area contributed by atoms with E-state index < -0.39 is 6.04 Å². The van der Waals surface area contributed by atoms with Gasteiger partial charge in [-0.05, 0) is 23.3 Å². The van der Waals surface area contributed by atoms with Gasteiger partial charge in [0.15, 0.2) is 11.5 Å². The summed E-state index contributed by atoms with van der Waals surface area (Å²) < 4.78 is 16.0. The molecule has 3 rings (SSSR count). The van der Waals surface area contributed by atoms with Crippen molar-refractivity contribution in [1.29, 1.82) is 0 Å². The fourth-order valence-electron chi connectivity index (χ4n) is 3.45. The van der Waals surface area contributed by atoms with Crippen molar-refractivity contribution >= 4 is 17.7 Å². The second kappa shape index (κ2) is 10.5. The summed E-state index contributed by atoms with van der Waals surface area (Å²) in [6.07, 6.45) is 1.76. The molecule has 3 aromatic rings. The van der Waals surface area contributed by atoms with Crippen molar-refractivity contribution in [3.63, 3.8) is 0 Å². The van der Waals surface area contributed by atoms with Gasteiger partial charge < -0.3 is 31.0 Å². The molecule has 2 aromatic carbocycles. The third-order valence-electron chi connectivity index (χ3n) is 5.00. The number of carbonyl (C=O) groups excluding carboxylic acids is 1. The number of rotatable bonds is 9. The monoisotopic (exact) mass is 437 g/mol. The van der Waals surface area contributed by atoms with Gasteiger partial charge >= 0.3 is 5.97 Å². The summed E-state index contributed by atoms with van der Waals surface area (Å²) in [6.45, 7) is 0.343. The maximum absolute atomic E-state index is 11.6. The van der Waals surface area contributed by atoms with Crippen LogP contribution in [0.3, 0.4) is 0 Å². The van der Waals surface area contributed by atoms with Gasteiger partial charge in [-0.3, -0.25) is 4.79 Å². The van der Waals surface area contributed by atoms with Gasteiger partial charge in [-0.2, -0.15) is 4.98 Å². The Morgan fingerprint density at radius 3 is 2.47 bits per heavy atom. The quantitative estimate of drug-likeness (QED) is 0.432. The highest BCUT2D eigenvalue weighted by Crippen LogP contribution is 2.41. The molecule has 1 unspecified atom stereocenters. The Hall–Kier alpha value is -3.85. The summed E-state index contributed by atoms with van der Waals surface area (Å²) in [6, 6.07) is 13.2. The predicted octanol–water partition coefficient (Wildman–Crippen LogP) is 2.57. The van der Waals surface area contributed by atoms with Crippen LogP contribution in [0.2, 0.25) is 0 Å². The van der Waals surface area contributed by atoms with Gasteiger partial charge in [0, 0.05) is 23.9 Å². The Labute approximate surface area is 186 Å². The molecule has 0 saturated carbocycles. The van der Waals surface area contributed by atoms with E-state index in [0.717, 1.165) is 16.7 Å². The molecule has 0 saturated heterocycles. The van der Waals surface area contributed by atoms with E-state index in [1.54, 1.807) is 20.4 Å². The van der Waals surface area contributed by atoms with Crippen molar-refractivity contribution in [2.75, 3.05) is 39.3 Å². The number of nitrogens with zero attached hydrogens (tertiary/aromatic N) is 2. The number of ether oxygens (including phenoxy) is 3. The van der Waals surface area contributed by atoms with E-state index in [1.165, 1.54) is 7.11 Å². The van der Waals surface area contributed by atoms with E-state index in [9.17, 15) is 4.79 Å². The fourth-order valence-corrected chi connectivity index (χ4v) is 3.45. The fraction of sp³-hybridized carbons (Fsp3) is 0.261. The molecular formula is C23H27N5O4. The smallest absolute Gasteiger partial charge is 0.306 e. The average molecular weight is 438 g/mol. The minimum absolute atomic E-state index is 0.0804. The summed E-state index contributed by atoms with van der Waals surface area (Å²) >= 11 is 0. The van der Waals surface area contributed by atoms with Crippen molar-refractivity contribution in [3.8, 4) is 22.6 Å². The average Bonchev–Trinajstić information content (AvgIpc) is 2.82. The molecule has 0 aliphatic carbocycles. The van der Waals surface area contributed by atoms with Crippen molar-refractivity contribution in [1.82, 2.24) is 15.3 Å². The second-order valence-electron chi connectivity index (χ2n) is 6.95. The standard InChI is InChI=1S/C23H27N5O4/c1-30-18-12-15(11-16(21(18)32-3)14-7-5-4-6-8-14)20(26-10-9-19(29)31-2)17-13-27-23(25)28-22(17)24/h4-8,11-13,20,26H,9-10H2,1-3H3,(H4,24,25,27,28). The van der Waals surface area contributed by atoms with E-state index in [1.807, 2.05) is 42.5 Å². The molecule has 32 heavy (non-hydrogen) atoms. The Morgan fingerprint density at radius 1 is 1.09 bits per heavy atom. The molecule has 1 atom stereocenters. The number of anilines is 2. The number of nitrogen functional groups attached to an aromatic ring is 2. The molecule has 0 radical (unpaired) electrons. The zero-order valence-electron chi connectivity index (χ0n) is 18.3. The number of carbonyl (C=O) groups is 1. The topological polar surface area (TPSA) is 135 Å². The van der Waals surface area contributed by atoms with Gasteiger partial charge in [-0.1, -0.05) is 30.3 Å². The molecule has 168 valence electrons. The summed E-state index contributed by atoms with van der Waals surface area (Å²) in [5.41, 5.74) is 15.1. The van der Waals surface area contributed by atoms with Gasteiger partial charge in [0.2, 0.25) is 5.95 Å². The van der Waals surface area contributed by atoms with Crippen LogP contribution in [-0.2, 0) is 9.53 Å². The maximum atomic E-state index is 11.6. The highest BCUT2D eigenvalue weighted by molar-refractivity contribution is 5.75. The first-order chi connectivity index (χ1) is 15.5. The largest absolute Gasteiger partial charge is 0.493 e. The molecule has 0 amide bonds. The number of nitrogens with two attached hydrogens (primary N) is 2. The number of aromatic nitrogens is 2. The summed E-state index contributed by atoms with van der Waals surface area (Å²) in [4.78, 5) is 19.8. The minimum Gasteiger partial charge on any atom is -0.493 e. The Bertz CT molecular complexity index is 1080. The second-order valence-corrected chi connectivity index (χ2v) is 6.95. The highest BCUT2D eigenvalue weighted by atomic mass is 16.5. The number of methoxy groups -OCH3 is 3. The van der Waals surface area contributed by atoms with Crippen molar-refractivity contribution in [2.45, 2.75) is 12.5 Å². The maximum Gasteiger partial charge on any atom is 0.306 e. The lowest BCUT2D eigenvalue weighted by molar-refractivity contribution is -0.140. The van der Waals surface area contributed by atoms with E-state index in [0.29, 0.717) is 23.6 Å². The highest BCUT2D eigenvalue weighted by Gasteiger charge is 2.23. The van der Waals surface area contributed by atoms with Crippen LogP contribution in [0.25, 0.3) is 11.1 Å². The Morgan fingerprint density at radius 2 is 1.84 bits per heavy atom. The number of nitrogens with one attached hydrogen (secondary N) is 1. The van der Waals surface area contributed by atoms with Crippen molar-refractivity contribution < 1.29 is 19.0 Å². The molecule has 0 bridgehead atoms. The molecule has 1 heterocycles. The zero-order valence-corrected chi connectivity index (χ0v) is 18.3. The number of hydrogen-bond acceptors (Lipinski definition) is 9. The first-order valence-electron chi connectivity index (χ1n) is 9.97. The van der Waals surface area contributed by atoms with Gasteiger partial charge in [0.05, 0.1) is 33.8 Å². The third kappa shape index (κ3) is 5.06. The summed E-state index contributed by atoms with van der Waals surface area (Å²) in [5, 5.41) is 3.35. The first kappa shape index (κ1) is 22.8. The van der Waals surface area contributed by atoms with Gasteiger partial charge in [-0.25, -0.2) is 4.98 Å². The lowest BCUT2D eigenvalue weighted by Gasteiger charge is -2.23. The van der Waals surface area contributed by atoms with Crippen LogP contribution in [0.15, 0.2) is 48.7 Å². The normalized spacial score (nSPS) is 11.6. The van der Waals surface area contributed by atoms with Crippen LogP contribution in [0.4, 0.5) is 11.8 Å². The van der Waals surface area contributed by atoms with Crippen LogP contribution in [-0.4, -0.2) is 43.8 Å². The number of benzene rings is 2. The number of hydrogen-bond donors (Lipinski definition) is 3. The molecule has 0 spiro atoms. The molecule has 9 nitrogen and oxygen atoms in total. The molecule has 0 aliphatic rings. The SMILES string of the molecule is COC(=O)CCNC(c1cc(OC)c(OC)c(-c2ccccc2)c1)c1cnc(N)nc1N. The van der Waals surface area contributed by atoms with Gasteiger partial charge in [0.25, 0.3) is 0 Å². The lowest BCUT2D eigenvalue weighted by Crippen LogP contribution is -2.27. The molecule has 1 aromatic heterocycles. The van der Waals surface area contributed by atoms with Crippen LogP contribution in [0, 0.1) is 0 Å². The van der Waals surface area contributed by atoms with Gasteiger partial charge in [-0.15, -0.1) is 0 Å². The zero-order chi connectivity index (χ0) is 23.1. The molecule has 0 aliphatic heterocycles. The lowest BCUT2D eigenvalue weighted by atomic mass is 9.94.